The average Bonchev–Trinajstić information content (AvgIpc) is 3.41. The summed E-state index contributed by atoms with van der Waals surface area (Å²) in [6, 6.07) is 24.8. The van der Waals surface area contributed by atoms with Crippen LogP contribution in [-0.2, 0) is 27.8 Å². The van der Waals surface area contributed by atoms with Gasteiger partial charge in [0.2, 0.25) is 15.9 Å². The number of carbonyl (C=O) groups is 1. The molecule has 8 nitrogen and oxygen atoms in total. The van der Waals surface area contributed by atoms with Crippen LogP contribution in [0.2, 0.25) is 0 Å². The van der Waals surface area contributed by atoms with Crippen molar-refractivity contribution >= 4 is 26.7 Å². The Morgan fingerprint density at radius 3 is 2.49 bits per heavy atom. The van der Waals surface area contributed by atoms with Gasteiger partial charge in [-0.1, -0.05) is 65.8 Å². The van der Waals surface area contributed by atoms with Gasteiger partial charge >= 0.3 is 0 Å². The predicted octanol–water partition coefficient (Wildman–Crippen LogP) is 4.88. The molecule has 0 fully saturated rings. The lowest BCUT2D eigenvalue weighted by molar-refractivity contribution is -0.132. The van der Waals surface area contributed by atoms with Crippen LogP contribution in [0.5, 0.6) is 0 Å². The third-order valence-electron chi connectivity index (χ3n) is 7.04. The average molecular weight is 539 g/mol. The van der Waals surface area contributed by atoms with Crippen LogP contribution in [-0.4, -0.2) is 35.9 Å². The highest BCUT2D eigenvalue weighted by Gasteiger charge is 2.30. The summed E-state index contributed by atoms with van der Waals surface area (Å²) in [5.74, 6) is 0.611. The maximum absolute atomic E-state index is 13.6. The number of benzene rings is 3. The van der Waals surface area contributed by atoms with E-state index in [1.807, 2.05) is 66.7 Å². The highest BCUT2D eigenvalue weighted by atomic mass is 32.2. The first kappa shape index (κ1) is 25.0. The van der Waals surface area contributed by atoms with Crippen molar-refractivity contribution in [3.8, 4) is 11.3 Å². The van der Waals surface area contributed by atoms with Gasteiger partial charge in [0, 0.05) is 42.9 Å². The highest BCUT2D eigenvalue weighted by molar-refractivity contribution is 7.89. The van der Waals surface area contributed by atoms with Gasteiger partial charge in [0.1, 0.15) is 11.5 Å². The lowest BCUT2D eigenvalue weighted by Gasteiger charge is -2.28. The van der Waals surface area contributed by atoms with Crippen LogP contribution in [0.25, 0.3) is 22.0 Å². The van der Waals surface area contributed by atoms with E-state index in [4.69, 9.17) is 4.52 Å². The molecule has 6 rings (SSSR count). The van der Waals surface area contributed by atoms with Crippen molar-refractivity contribution in [1.29, 1.82) is 0 Å². The molecular formula is C30H26N4O4S. The molecule has 9 heteroatoms. The summed E-state index contributed by atoms with van der Waals surface area (Å²) in [7, 11) is -3.91. The molecule has 0 saturated heterocycles. The first-order chi connectivity index (χ1) is 19.0. The maximum atomic E-state index is 13.6. The molecule has 1 atom stereocenters. The standard InChI is InChI=1S/C30H26N4O4S/c35-29(34-17-14-28-26(20-34)30(32-38-28)23-12-15-31-16-13-23)19-27(22-7-2-1-3-8-22)33-39(36,37)25-11-10-21-6-4-5-9-24(21)18-25/h1-13,15-16,18,27,33H,14,17,19-20H2. The van der Waals surface area contributed by atoms with E-state index in [2.05, 4.69) is 14.9 Å². The van der Waals surface area contributed by atoms with Gasteiger partial charge < -0.3 is 9.42 Å². The third-order valence-corrected chi connectivity index (χ3v) is 8.51. The fraction of sp³-hybridized carbons (Fsp3) is 0.167. The summed E-state index contributed by atoms with van der Waals surface area (Å²) in [6.45, 7) is 0.810. The van der Waals surface area contributed by atoms with Gasteiger partial charge in [-0.25, -0.2) is 13.1 Å². The minimum atomic E-state index is -3.91. The van der Waals surface area contributed by atoms with Crippen LogP contribution >= 0.6 is 0 Å². The zero-order chi connectivity index (χ0) is 26.8. The van der Waals surface area contributed by atoms with E-state index >= 15 is 0 Å². The Balaban J connectivity index is 1.25. The predicted molar refractivity (Wildman–Crippen MR) is 147 cm³/mol. The smallest absolute Gasteiger partial charge is 0.241 e. The second-order valence-electron chi connectivity index (χ2n) is 9.53. The SMILES string of the molecule is O=C(CC(NS(=O)(=O)c1ccc2ccccc2c1)c1ccccc1)N1CCc2onc(-c3ccncc3)c2C1. The normalized spacial score (nSPS) is 14.2. The molecule has 0 aliphatic carbocycles. The maximum Gasteiger partial charge on any atom is 0.241 e. The Bertz CT molecular complexity index is 1740. The zero-order valence-electron chi connectivity index (χ0n) is 21.0. The van der Waals surface area contributed by atoms with Crippen LogP contribution < -0.4 is 4.72 Å². The quantitative estimate of drug-likeness (QED) is 0.317. The van der Waals surface area contributed by atoms with Gasteiger partial charge in [-0.05, 0) is 40.6 Å². The van der Waals surface area contributed by atoms with Gasteiger partial charge in [-0.2, -0.15) is 0 Å². The summed E-state index contributed by atoms with van der Waals surface area (Å²) in [4.78, 5) is 19.5. The number of rotatable bonds is 7. The molecule has 3 heterocycles. The molecule has 196 valence electrons. The number of fused-ring (bicyclic) bond motifs is 2. The van der Waals surface area contributed by atoms with Crippen LogP contribution in [0.3, 0.4) is 0 Å². The Hall–Kier alpha value is -4.34. The van der Waals surface area contributed by atoms with E-state index in [0.29, 0.717) is 25.2 Å². The summed E-state index contributed by atoms with van der Waals surface area (Å²) < 4.78 is 35.3. The van der Waals surface area contributed by atoms with Gasteiger partial charge in [-0.15, -0.1) is 0 Å². The van der Waals surface area contributed by atoms with Crippen molar-refractivity contribution < 1.29 is 17.7 Å². The number of hydrogen-bond donors (Lipinski definition) is 1. The molecule has 0 radical (unpaired) electrons. The Kier molecular flexibility index (Phi) is 6.68. The second kappa shape index (κ2) is 10.4. The molecule has 0 spiro atoms. The van der Waals surface area contributed by atoms with Gasteiger partial charge in [-0.3, -0.25) is 9.78 Å². The van der Waals surface area contributed by atoms with Crippen molar-refractivity contribution in [2.24, 2.45) is 0 Å². The van der Waals surface area contributed by atoms with Crippen LogP contribution in [0.1, 0.15) is 29.3 Å². The monoisotopic (exact) mass is 538 g/mol. The van der Waals surface area contributed by atoms with Gasteiger partial charge in [0.15, 0.2) is 0 Å². The number of nitrogens with zero attached hydrogens (tertiary/aromatic N) is 3. The zero-order valence-corrected chi connectivity index (χ0v) is 21.8. The molecule has 0 saturated carbocycles. The van der Waals surface area contributed by atoms with E-state index in [1.165, 1.54) is 0 Å². The molecular weight excluding hydrogens is 512 g/mol. The minimum absolute atomic E-state index is 0.0258. The number of nitrogens with one attached hydrogen (secondary N) is 1. The van der Waals surface area contributed by atoms with Crippen molar-refractivity contribution in [3.05, 3.63) is 114 Å². The fourth-order valence-corrected chi connectivity index (χ4v) is 6.22. The molecule has 39 heavy (non-hydrogen) atoms. The fourth-order valence-electron chi connectivity index (χ4n) is 4.97. The summed E-state index contributed by atoms with van der Waals surface area (Å²) in [5.41, 5.74) is 3.15. The number of aromatic nitrogens is 2. The first-order valence-corrected chi connectivity index (χ1v) is 14.2. The van der Waals surface area contributed by atoms with Crippen molar-refractivity contribution in [1.82, 2.24) is 19.8 Å². The van der Waals surface area contributed by atoms with E-state index in [0.717, 1.165) is 33.2 Å². The highest BCUT2D eigenvalue weighted by Crippen LogP contribution is 2.31. The molecule has 1 aliphatic rings. The van der Waals surface area contributed by atoms with E-state index < -0.39 is 16.1 Å². The Labute approximate surface area is 226 Å². The van der Waals surface area contributed by atoms with Crippen LogP contribution in [0, 0.1) is 0 Å². The number of pyridine rings is 1. The number of sulfonamides is 1. The minimum Gasteiger partial charge on any atom is -0.360 e. The molecule has 5 aromatic rings. The summed E-state index contributed by atoms with van der Waals surface area (Å²) >= 11 is 0. The van der Waals surface area contributed by atoms with Crippen molar-refractivity contribution in [2.75, 3.05) is 6.54 Å². The molecule has 1 aliphatic heterocycles. The molecule has 0 bridgehead atoms. The van der Waals surface area contributed by atoms with Crippen molar-refractivity contribution in [2.45, 2.75) is 30.3 Å². The first-order valence-electron chi connectivity index (χ1n) is 12.7. The number of hydrogen-bond acceptors (Lipinski definition) is 6. The topological polar surface area (TPSA) is 105 Å². The molecule has 1 amide bonds. The number of amides is 1. The van der Waals surface area contributed by atoms with Gasteiger partial charge in [0.25, 0.3) is 0 Å². The second-order valence-corrected chi connectivity index (χ2v) is 11.2. The summed E-state index contributed by atoms with van der Waals surface area (Å²) in [5, 5.41) is 6.03. The Morgan fingerprint density at radius 1 is 0.949 bits per heavy atom. The largest absolute Gasteiger partial charge is 0.360 e. The van der Waals surface area contributed by atoms with E-state index in [1.54, 1.807) is 35.5 Å². The third kappa shape index (κ3) is 5.19. The number of carbonyl (C=O) groups excluding carboxylic acids is 1. The van der Waals surface area contributed by atoms with Gasteiger partial charge in [0.05, 0.1) is 17.5 Å². The van der Waals surface area contributed by atoms with Crippen LogP contribution in [0.15, 0.2) is 107 Å². The lowest BCUT2D eigenvalue weighted by Crippen LogP contribution is -2.39. The van der Waals surface area contributed by atoms with E-state index in [9.17, 15) is 13.2 Å². The van der Waals surface area contributed by atoms with Crippen LogP contribution in [0.4, 0.5) is 0 Å². The lowest BCUT2D eigenvalue weighted by atomic mass is 10.00. The summed E-state index contributed by atoms with van der Waals surface area (Å²) in [6.07, 6.45) is 3.89. The molecule has 3 aromatic carbocycles. The molecule has 1 unspecified atom stereocenters. The molecule has 1 N–H and O–H groups in total. The van der Waals surface area contributed by atoms with E-state index in [-0.39, 0.29) is 17.2 Å². The Morgan fingerprint density at radius 2 is 1.69 bits per heavy atom. The molecule has 2 aromatic heterocycles. The van der Waals surface area contributed by atoms with Crippen molar-refractivity contribution in [3.63, 3.8) is 0 Å².